The van der Waals surface area contributed by atoms with E-state index in [0.29, 0.717) is 25.9 Å². The fourth-order valence-corrected chi connectivity index (χ4v) is 8.88. The molecule has 0 fully saturated rings. The fraction of sp³-hybridized carbons (Fsp3) is 0.964. The van der Waals surface area contributed by atoms with E-state index in [9.17, 15) is 19.8 Å². The molecular formula is C55H109NO5. The van der Waals surface area contributed by atoms with E-state index in [-0.39, 0.29) is 18.5 Å². The largest absolute Gasteiger partial charge is 0.466 e. The predicted molar refractivity (Wildman–Crippen MR) is 264 cm³/mol. The number of esters is 1. The van der Waals surface area contributed by atoms with Crippen molar-refractivity contribution < 1.29 is 24.5 Å². The Labute approximate surface area is 381 Å². The highest BCUT2D eigenvalue weighted by molar-refractivity contribution is 5.76. The highest BCUT2D eigenvalue weighted by Gasteiger charge is 2.20. The lowest BCUT2D eigenvalue weighted by Crippen LogP contribution is -2.45. The molecule has 3 N–H and O–H groups in total. The Bertz CT molecular complexity index is 867. The van der Waals surface area contributed by atoms with Crippen LogP contribution in [0.3, 0.4) is 0 Å². The first-order chi connectivity index (χ1) is 30.0. The van der Waals surface area contributed by atoms with Crippen molar-refractivity contribution in [3.63, 3.8) is 0 Å². The normalized spacial score (nSPS) is 12.5. The lowest BCUT2D eigenvalue weighted by Gasteiger charge is -2.22. The molecule has 0 aromatic heterocycles. The van der Waals surface area contributed by atoms with Gasteiger partial charge in [-0.2, -0.15) is 0 Å². The molecule has 0 aliphatic carbocycles. The average molecular weight is 864 g/mol. The third-order valence-electron chi connectivity index (χ3n) is 13.2. The number of carbonyl (C=O) groups is 2. The Kier molecular flexibility index (Phi) is 50.5. The molecule has 0 aromatic carbocycles. The lowest BCUT2D eigenvalue weighted by molar-refractivity contribution is -0.143. The molecule has 364 valence electrons. The van der Waals surface area contributed by atoms with Gasteiger partial charge in [0.1, 0.15) is 0 Å². The van der Waals surface area contributed by atoms with Crippen LogP contribution < -0.4 is 5.32 Å². The number of hydrogen-bond acceptors (Lipinski definition) is 5. The zero-order valence-corrected chi connectivity index (χ0v) is 41.4. The van der Waals surface area contributed by atoms with Crippen LogP contribution in [0.15, 0.2) is 0 Å². The third kappa shape index (κ3) is 48.2. The van der Waals surface area contributed by atoms with Crippen LogP contribution in [0, 0.1) is 0 Å². The summed E-state index contributed by atoms with van der Waals surface area (Å²) in [4.78, 5) is 24.5. The van der Waals surface area contributed by atoms with Crippen molar-refractivity contribution in [3.05, 3.63) is 0 Å². The Balaban J connectivity index is 3.46. The molecular weight excluding hydrogens is 755 g/mol. The van der Waals surface area contributed by atoms with E-state index in [1.165, 1.54) is 225 Å². The van der Waals surface area contributed by atoms with Gasteiger partial charge in [-0.25, -0.2) is 0 Å². The number of nitrogens with one attached hydrogen (secondary N) is 1. The predicted octanol–water partition coefficient (Wildman–Crippen LogP) is 16.7. The van der Waals surface area contributed by atoms with Crippen molar-refractivity contribution >= 4 is 11.9 Å². The van der Waals surface area contributed by atoms with Gasteiger partial charge < -0.3 is 20.3 Å². The maximum absolute atomic E-state index is 12.5. The van der Waals surface area contributed by atoms with Crippen LogP contribution in [0.1, 0.15) is 316 Å². The molecule has 0 aromatic rings. The molecule has 6 nitrogen and oxygen atoms in total. The summed E-state index contributed by atoms with van der Waals surface area (Å²) in [5.41, 5.74) is 0. The molecule has 0 saturated carbocycles. The van der Waals surface area contributed by atoms with Crippen molar-refractivity contribution in [2.45, 2.75) is 328 Å². The topological polar surface area (TPSA) is 95.9 Å². The first-order valence-electron chi connectivity index (χ1n) is 27.8. The van der Waals surface area contributed by atoms with Gasteiger partial charge in [0.05, 0.1) is 25.4 Å². The van der Waals surface area contributed by atoms with Gasteiger partial charge in [0.2, 0.25) is 5.91 Å². The standard InChI is InChI=1S/C55H109NO5/c1-3-5-7-9-11-13-15-17-19-20-21-22-23-24-25-27-31-35-39-43-47-53(58)52(51-57)56-54(59)48-44-40-36-32-29-30-34-38-42-46-50-61-55(60)49-45-41-37-33-28-26-18-16-14-12-10-8-6-4-2/h52-53,57-58H,3-51H2,1-2H3,(H,56,59). The first kappa shape index (κ1) is 59.9. The molecule has 2 atom stereocenters. The summed E-state index contributed by atoms with van der Waals surface area (Å²) in [6, 6.07) is -0.557. The van der Waals surface area contributed by atoms with Crippen molar-refractivity contribution in [1.29, 1.82) is 0 Å². The summed E-state index contributed by atoms with van der Waals surface area (Å²) in [7, 11) is 0. The molecule has 0 heterocycles. The van der Waals surface area contributed by atoms with Crippen molar-refractivity contribution in [3.8, 4) is 0 Å². The van der Waals surface area contributed by atoms with E-state index < -0.39 is 12.1 Å². The second kappa shape index (κ2) is 51.5. The summed E-state index contributed by atoms with van der Waals surface area (Å²) >= 11 is 0. The van der Waals surface area contributed by atoms with E-state index in [1.807, 2.05) is 0 Å². The van der Waals surface area contributed by atoms with Crippen LogP contribution in [-0.2, 0) is 14.3 Å². The van der Waals surface area contributed by atoms with Gasteiger partial charge >= 0.3 is 5.97 Å². The molecule has 0 spiro atoms. The monoisotopic (exact) mass is 864 g/mol. The second-order valence-electron chi connectivity index (χ2n) is 19.3. The van der Waals surface area contributed by atoms with E-state index in [1.54, 1.807) is 0 Å². The number of unbranched alkanes of at least 4 members (excludes halogenated alkanes) is 41. The minimum Gasteiger partial charge on any atom is -0.466 e. The Morgan fingerprint density at radius 1 is 0.393 bits per heavy atom. The third-order valence-corrected chi connectivity index (χ3v) is 13.2. The summed E-state index contributed by atoms with van der Waals surface area (Å²) in [6.45, 7) is 4.93. The number of ether oxygens (including phenoxy) is 1. The number of amides is 1. The summed E-state index contributed by atoms with van der Waals surface area (Å²) in [6.07, 6.45) is 57.9. The Hall–Kier alpha value is -1.14. The second-order valence-corrected chi connectivity index (χ2v) is 19.3. The molecule has 6 heteroatoms. The fourth-order valence-electron chi connectivity index (χ4n) is 8.88. The molecule has 0 aliphatic rings. The molecule has 0 bridgehead atoms. The Morgan fingerprint density at radius 3 is 1.00 bits per heavy atom. The minimum atomic E-state index is -0.678. The SMILES string of the molecule is CCCCCCCCCCCCCCCCCCCCCCC(O)C(CO)NC(=O)CCCCCCCCCCCCOC(=O)CCCCCCCCCCCCCCCC. The average Bonchev–Trinajstić information content (AvgIpc) is 3.26. The van der Waals surface area contributed by atoms with Gasteiger partial charge in [-0.05, 0) is 25.7 Å². The smallest absolute Gasteiger partial charge is 0.305 e. The van der Waals surface area contributed by atoms with E-state index in [2.05, 4.69) is 19.2 Å². The van der Waals surface area contributed by atoms with Gasteiger partial charge in [-0.1, -0.05) is 277 Å². The lowest BCUT2D eigenvalue weighted by atomic mass is 10.0. The highest BCUT2D eigenvalue weighted by atomic mass is 16.5. The van der Waals surface area contributed by atoms with Crippen LogP contribution in [0.4, 0.5) is 0 Å². The maximum atomic E-state index is 12.5. The van der Waals surface area contributed by atoms with Gasteiger partial charge in [0, 0.05) is 12.8 Å². The van der Waals surface area contributed by atoms with Crippen molar-refractivity contribution in [2.75, 3.05) is 13.2 Å². The van der Waals surface area contributed by atoms with E-state index in [4.69, 9.17) is 4.74 Å². The van der Waals surface area contributed by atoms with Gasteiger partial charge in [0.25, 0.3) is 0 Å². The number of carbonyl (C=O) groups excluding carboxylic acids is 2. The highest BCUT2D eigenvalue weighted by Crippen LogP contribution is 2.18. The zero-order valence-electron chi connectivity index (χ0n) is 41.4. The van der Waals surface area contributed by atoms with Crippen LogP contribution in [0.25, 0.3) is 0 Å². The molecule has 1 amide bonds. The quantitative estimate of drug-likeness (QED) is 0.0418. The van der Waals surface area contributed by atoms with Crippen LogP contribution in [0.5, 0.6) is 0 Å². The summed E-state index contributed by atoms with van der Waals surface area (Å²) in [5.74, 6) is -0.0689. The van der Waals surface area contributed by atoms with Gasteiger partial charge in [-0.3, -0.25) is 9.59 Å². The molecule has 0 radical (unpaired) electrons. The van der Waals surface area contributed by atoms with Gasteiger partial charge in [0.15, 0.2) is 0 Å². The molecule has 61 heavy (non-hydrogen) atoms. The first-order valence-corrected chi connectivity index (χ1v) is 27.8. The zero-order chi connectivity index (χ0) is 44.4. The van der Waals surface area contributed by atoms with Gasteiger partial charge in [-0.15, -0.1) is 0 Å². The van der Waals surface area contributed by atoms with E-state index in [0.717, 1.165) is 57.8 Å². The number of rotatable bonds is 52. The number of hydrogen-bond donors (Lipinski definition) is 3. The van der Waals surface area contributed by atoms with Crippen molar-refractivity contribution in [2.24, 2.45) is 0 Å². The molecule has 0 saturated heterocycles. The number of aliphatic hydroxyl groups excluding tert-OH is 2. The van der Waals surface area contributed by atoms with Crippen LogP contribution >= 0.6 is 0 Å². The minimum absolute atomic E-state index is 0.0152. The molecule has 0 aliphatic heterocycles. The Morgan fingerprint density at radius 2 is 0.672 bits per heavy atom. The van der Waals surface area contributed by atoms with E-state index >= 15 is 0 Å². The molecule has 2 unspecified atom stereocenters. The maximum Gasteiger partial charge on any atom is 0.305 e. The number of aliphatic hydroxyl groups is 2. The molecule has 0 rings (SSSR count). The van der Waals surface area contributed by atoms with Crippen LogP contribution in [-0.4, -0.2) is 47.4 Å². The summed E-state index contributed by atoms with van der Waals surface area (Å²) < 4.78 is 5.46. The van der Waals surface area contributed by atoms with Crippen LogP contribution in [0.2, 0.25) is 0 Å². The van der Waals surface area contributed by atoms with Crippen molar-refractivity contribution in [1.82, 2.24) is 5.32 Å². The summed E-state index contributed by atoms with van der Waals surface area (Å²) in [5, 5.41) is 23.3.